The fourth-order valence-electron chi connectivity index (χ4n) is 4.19. The summed E-state index contributed by atoms with van der Waals surface area (Å²) in [6, 6.07) is 19.4. The van der Waals surface area contributed by atoms with Gasteiger partial charge in [-0.15, -0.1) is 12.4 Å². The van der Waals surface area contributed by atoms with Crippen LogP contribution in [0.25, 0.3) is 22.2 Å². The molecule has 0 aliphatic heterocycles. The van der Waals surface area contributed by atoms with E-state index in [1.807, 2.05) is 30.3 Å². The standard InChI is InChI=1S/C25H20ClN3O.ClH/c26-18-10-11-23-20(13-18)21(14-24(28-23)17-7-4-12-27-15-17)25(30)29-22-9-3-6-16-5-1-2-8-19(16)22;/h1-2,4-5,7-8,10-15,22H,3,6,9H2,(H,29,30);1H. The van der Waals surface area contributed by atoms with Gasteiger partial charge >= 0.3 is 0 Å². The van der Waals surface area contributed by atoms with Gasteiger partial charge in [0, 0.05) is 28.4 Å². The van der Waals surface area contributed by atoms with Crippen LogP contribution in [-0.2, 0) is 6.42 Å². The van der Waals surface area contributed by atoms with E-state index in [1.54, 1.807) is 24.5 Å². The van der Waals surface area contributed by atoms with Gasteiger partial charge < -0.3 is 5.32 Å². The third-order valence-electron chi connectivity index (χ3n) is 5.65. The van der Waals surface area contributed by atoms with Crippen molar-refractivity contribution >= 4 is 40.8 Å². The van der Waals surface area contributed by atoms with Crippen molar-refractivity contribution < 1.29 is 4.79 Å². The van der Waals surface area contributed by atoms with Crippen LogP contribution in [0.2, 0.25) is 5.02 Å². The summed E-state index contributed by atoms with van der Waals surface area (Å²) < 4.78 is 0. The molecule has 2 aromatic carbocycles. The molecule has 1 unspecified atom stereocenters. The molecule has 0 fully saturated rings. The largest absolute Gasteiger partial charge is 0.345 e. The maximum absolute atomic E-state index is 13.4. The lowest BCUT2D eigenvalue weighted by atomic mass is 9.87. The van der Waals surface area contributed by atoms with Crippen molar-refractivity contribution in [3.63, 3.8) is 0 Å². The molecule has 0 spiro atoms. The molecular formula is C25H21Cl2N3O. The number of aryl methyl sites for hydroxylation is 1. The first-order valence-electron chi connectivity index (χ1n) is 10.1. The number of hydrogen-bond donors (Lipinski definition) is 1. The SMILES string of the molecule is Cl.O=C(NC1CCCc2ccccc21)c1cc(-c2cccnc2)nc2ccc(Cl)cc12. The van der Waals surface area contributed by atoms with Crippen molar-refractivity contribution in [1.29, 1.82) is 0 Å². The van der Waals surface area contributed by atoms with Gasteiger partial charge in [-0.25, -0.2) is 4.98 Å². The van der Waals surface area contributed by atoms with E-state index in [9.17, 15) is 4.79 Å². The Balaban J connectivity index is 0.00000231. The van der Waals surface area contributed by atoms with Gasteiger partial charge in [-0.05, 0) is 66.8 Å². The second-order valence-electron chi connectivity index (χ2n) is 7.58. The van der Waals surface area contributed by atoms with Gasteiger partial charge in [0.1, 0.15) is 0 Å². The molecule has 156 valence electrons. The van der Waals surface area contributed by atoms with Crippen LogP contribution in [0.15, 0.2) is 73.1 Å². The number of pyridine rings is 2. The van der Waals surface area contributed by atoms with Gasteiger partial charge in [-0.2, -0.15) is 0 Å². The summed E-state index contributed by atoms with van der Waals surface area (Å²) in [6.45, 7) is 0. The van der Waals surface area contributed by atoms with Crippen LogP contribution >= 0.6 is 24.0 Å². The molecule has 5 rings (SSSR count). The first-order valence-corrected chi connectivity index (χ1v) is 10.5. The fourth-order valence-corrected chi connectivity index (χ4v) is 4.36. The zero-order chi connectivity index (χ0) is 20.5. The number of benzene rings is 2. The Morgan fingerprint density at radius 1 is 1.06 bits per heavy atom. The Morgan fingerprint density at radius 3 is 2.77 bits per heavy atom. The minimum absolute atomic E-state index is 0. The molecule has 0 radical (unpaired) electrons. The van der Waals surface area contributed by atoms with Crippen molar-refractivity contribution in [3.8, 4) is 11.3 Å². The van der Waals surface area contributed by atoms with Gasteiger partial charge in [0.2, 0.25) is 0 Å². The van der Waals surface area contributed by atoms with Crippen LogP contribution in [-0.4, -0.2) is 15.9 Å². The first kappa shape index (κ1) is 21.3. The highest BCUT2D eigenvalue weighted by Gasteiger charge is 2.23. The number of hydrogen-bond acceptors (Lipinski definition) is 3. The van der Waals surface area contributed by atoms with E-state index >= 15 is 0 Å². The van der Waals surface area contributed by atoms with Crippen LogP contribution in [0.1, 0.15) is 40.4 Å². The Hall–Kier alpha value is -2.95. The molecule has 1 N–H and O–H groups in total. The molecule has 2 aromatic heterocycles. The molecule has 4 aromatic rings. The van der Waals surface area contributed by atoms with E-state index in [4.69, 9.17) is 16.6 Å². The van der Waals surface area contributed by atoms with E-state index < -0.39 is 0 Å². The summed E-state index contributed by atoms with van der Waals surface area (Å²) in [7, 11) is 0. The summed E-state index contributed by atoms with van der Waals surface area (Å²) in [5.74, 6) is -0.114. The molecule has 2 heterocycles. The summed E-state index contributed by atoms with van der Waals surface area (Å²) in [5, 5.41) is 4.58. The van der Waals surface area contributed by atoms with E-state index in [0.29, 0.717) is 16.3 Å². The second-order valence-corrected chi connectivity index (χ2v) is 8.01. The number of carbonyl (C=O) groups is 1. The average Bonchev–Trinajstić information content (AvgIpc) is 2.79. The van der Waals surface area contributed by atoms with Gasteiger partial charge in [0.15, 0.2) is 0 Å². The Labute approximate surface area is 192 Å². The summed E-state index contributed by atoms with van der Waals surface area (Å²) in [4.78, 5) is 22.4. The van der Waals surface area contributed by atoms with Crippen molar-refractivity contribution in [2.75, 3.05) is 0 Å². The van der Waals surface area contributed by atoms with Crippen LogP contribution in [0.4, 0.5) is 0 Å². The lowest BCUT2D eigenvalue weighted by Gasteiger charge is -2.26. The van der Waals surface area contributed by atoms with E-state index in [-0.39, 0.29) is 24.4 Å². The van der Waals surface area contributed by atoms with Gasteiger partial charge in [0.25, 0.3) is 5.91 Å². The topological polar surface area (TPSA) is 54.9 Å². The summed E-state index contributed by atoms with van der Waals surface area (Å²) in [6.07, 6.45) is 6.52. The first-order chi connectivity index (χ1) is 14.7. The smallest absolute Gasteiger partial charge is 0.252 e. The molecule has 1 aliphatic rings. The predicted molar refractivity (Wildman–Crippen MR) is 127 cm³/mol. The minimum Gasteiger partial charge on any atom is -0.345 e. The molecule has 1 aliphatic carbocycles. The van der Waals surface area contributed by atoms with Crippen LogP contribution in [0, 0.1) is 0 Å². The van der Waals surface area contributed by atoms with Crippen LogP contribution in [0.3, 0.4) is 0 Å². The van der Waals surface area contributed by atoms with E-state index in [0.717, 1.165) is 35.7 Å². The lowest BCUT2D eigenvalue weighted by molar-refractivity contribution is 0.0934. The van der Waals surface area contributed by atoms with E-state index in [1.165, 1.54) is 11.1 Å². The number of halogens is 2. The molecule has 1 amide bonds. The maximum atomic E-state index is 13.4. The van der Waals surface area contributed by atoms with Gasteiger partial charge in [0.05, 0.1) is 22.8 Å². The zero-order valence-electron chi connectivity index (χ0n) is 16.7. The zero-order valence-corrected chi connectivity index (χ0v) is 18.3. The fraction of sp³-hybridized carbons (Fsp3) is 0.160. The normalized spacial score (nSPS) is 15.1. The van der Waals surface area contributed by atoms with Gasteiger partial charge in [-0.3, -0.25) is 9.78 Å². The van der Waals surface area contributed by atoms with Crippen molar-refractivity contribution in [2.45, 2.75) is 25.3 Å². The predicted octanol–water partition coefficient (Wildman–Crippen LogP) is 6.18. The number of carbonyl (C=O) groups excluding carboxylic acids is 1. The van der Waals surface area contributed by atoms with Crippen LogP contribution < -0.4 is 5.32 Å². The monoisotopic (exact) mass is 449 g/mol. The highest BCUT2D eigenvalue weighted by Crippen LogP contribution is 2.31. The highest BCUT2D eigenvalue weighted by atomic mass is 35.5. The molecular weight excluding hydrogens is 429 g/mol. The maximum Gasteiger partial charge on any atom is 0.252 e. The second kappa shape index (κ2) is 9.04. The number of amides is 1. The lowest BCUT2D eigenvalue weighted by Crippen LogP contribution is -2.31. The highest BCUT2D eigenvalue weighted by molar-refractivity contribution is 6.31. The third kappa shape index (κ3) is 4.27. The van der Waals surface area contributed by atoms with Crippen LogP contribution in [0.5, 0.6) is 0 Å². The number of nitrogens with zero attached hydrogens (tertiary/aromatic N) is 2. The molecule has 4 nitrogen and oxygen atoms in total. The Morgan fingerprint density at radius 2 is 1.94 bits per heavy atom. The molecule has 0 saturated heterocycles. The number of fused-ring (bicyclic) bond motifs is 2. The quantitative estimate of drug-likeness (QED) is 0.406. The third-order valence-corrected chi connectivity index (χ3v) is 5.88. The molecule has 0 saturated carbocycles. The van der Waals surface area contributed by atoms with Crippen molar-refractivity contribution in [3.05, 3.63) is 94.8 Å². The summed E-state index contributed by atoms with van der Waals surface area (Å²) >= 11 is 6.24. The van der Waals surface area contributed by atoms with Crippen molar-refractivity contribution in [1.82, 2.24) is 15.3 Å². The molecule has 31 heavy (non-hydrogen) atoms. The van der Waals surface area contributed by atoms with Gasteiger partial charge in [-0.1, -0.05) is 35.9 Å². The number of aromatic nitrogens is 2. The number of rotatable bonds is 3. The Kier molecular flexibility index (Phi) is 6.21. The minimum atomic E-state index is -0.114. The van der Waals surface area contributed by atoms with Crippen molar-refractivity contribution in [2.24, 2.45) is 0 Å². The van der Waals surface area contributed by atoms with E-state index in [2.05, 4.69) is 28.5 Å². The average molecular weight is 450 g/mol. The number of nitrogens with one attached hydrogen (secondary N) is 1. The molecule has 6 heteroatoms. The Bertz CT molecular complexity index is 1240. The molecule has 0 bridgehead atoms. The summed E-state index contributed by atoms with van der Waals surface area (Å²) in [5.41, 5.74) is 5.41. The molecule has 1 atom stereocenters.